The first-order chi connectivity index (χ1) is 11.7. The van der Waals surface area contributed by atoms with Crippen LogP contribution in [0.25, 0.3) is 0 Å². The van der Waals surface area contributed by atoms with E-state index in [0.29, 0.717) is 25.7 Å². The van der Waals surface area contributed by atoms with Crippen LogP contribution in [0.3, 0.4) is 0 Å². The molecule has 132 valence electrons. The maximum atomic E-state index is 12.4. The number of amides is 2. The lowest BCUT2D eigenvalue weighted by molar-refractivity contribution is 0.0186. The molecule has 0 aromatic heterocycles. The summed E-state index contributed by atoms with van der Waals surface area (Å²) in [4.78, 5) is 16.8. The van der Waals surface area contributed by atoms with Crippen LogP contribution in [0.15, 0.2) is 30.3 Å². The van der Waals surface area contributed by atoms with Gasteiger partial charge in [0.2, 0.25) is 0 Å². The van der Waals surface area contributed by atoms with Gasteiger partial charge in [-0.25, -0.2) is 4.79 Å². The van der Waals surface area contributed by atoms with Crippen LogP contribution in [0.1, 0.15) is 25.3 Å². The Bertz CT molecular complexity index is 523. The molecule has 1 N–H and O–H groups in total. The van der Waals surface area contributed by atoms with Crippen LogP contribution in [0.5, 0.6) is 0 Å². The molecular formula is C19H29N3O2. The van der Waals surface area contributed by atoms with Crippen LogP contribution in [0.2, 0.25) is 0 Å². The Hall–Kier alpha value is -1.59. The quantitative estimate of drug-likeness (QED) is 0.921. The number of piperidine rings is 1. The molecule has 0 radical (unpaired) electrons. The van der Waals surface area contributed by atoms with Gasteiger partial charge in [0.1, 0.15) is 0 Å². The van der Waals surface area contributed by atoms with E-state index in [4.69, 9.17) is 4.74 Å². The summed E-state index contributed by atoms with van der Waals surface area (Å²) >= 11 is 0. The van der Waals surface area contributed by atoms with Gasteiger partial charge in [0, 0.05) is 26.2 Å². The third kappa shape index (κ3) is 4.71. The number of hydrogen-bond acceptors (Lipinski definition) is 3. The lowest BCUT2D eigenvalue weighted by Gasteiger charge is -2.35. The van der Waals surface area contributed by atoms with Crippen LogP contribution in [0.4, 0.5) is 4.79 Å². The molecule has 2 amide bonds. The lowest BCUT2D eigenvalue weighted by Crippen LogP contribution is -2.52. The summed E-state index contributed by atoms with van der Waals surface area (Å²) in [7, 11) is 0. The Balaban J connectivity index is 1.44. The van der Waals surface area contributed by atoms with Crippen molar-refractivity contribution in [3.8, 4) is 0 Å². The van der Waals surface area contributed by atoms with E-state index in [2.05, 4.69) is 40.5 Å². The zero-order chi connectivity index (χ0) is 16.8. The van der Waals surface area contributed by atoms with E-state index in [1.165, 1.54) is 18.4 Å². The molecular weight excluding hydrogens is 302 g/mol. The molecule has 2 aliphatic rings. The molecule has 3 rings (SSSR count). The molecule has 2 aliphatic heterocycles. The largest absolute Gasteiger partial charge is 0.377 e. The summed E-state index contributed by atoms with van der Waals surface area (Å²) < 4.78 is 5.40. The number of nitrogens with one attached hydrogen (secondary N) is 1. The first-order valence-electron chi connectivity index (χ1n) is 9.11. The molecule has 0 unspecified atom stereocenters. The average molecular weight is 331 g/mol. The molecule has 2 fully saturated rings. The first-order valence-corrected chi connectivity index (χ1v) is 9.11. The molecule has 5 nitrogen and oxygen atoms in total. The molecule has 2 atom stereocenters. The Morgan fingerprint density at radius 3 is 2.92 bits per heavy atom. The van der Waals surface area contributed by atoms with Gasteiger partial charge in [-0.3, -0.25) is 4.90 Å². The minimum atomic E-state index is 0.0611. The van der Waals surface area contributed by atoms with Gasteiger partial charge in [0.25, 0.3) is 0 Å². The first kappa shape index (κ1) is 17.2. The van der Waals surface area contributed by atoms with Crippen molar-refractivity contribution >= 4 is 6.03 Å². The van der Waals surface area contributed by atoms with Crippen LogP contribution in [-0.2, 0) is 11.3 Å². The predicted molar refractivity (Wildman–Crippen MR) is 94.8 cm³/mol. The highest BCUT2D eigenvalue weighted by Gasteiger charge is 2.25. The molecule has 24 heavy (non-hydrogen) atoms. The Kier molecular flexibility index (Phi) is 6.10. The number of carbonyl (C=O) groups excluding carboxylic acids is 1. The fourth-order valence-corrected chi connectivity index (χ4v) is 3.67. The van der Waals surface area contributed by atoms with Gasteiger partial charge in [-0.2, -0.15) is 0 Å². The molecule has 0 aliphatic carbocycles. The third-order valence-electron chi connectivity index (χ3n) is 5.02. The normalized spacial score (nSPS) is 25.5. The van der Waals surface area contributed by atoms with Crippen molar-refractivity contribution in [1.29, 1.82) is 0 Å². The Morgan fingerprint density at radius 2 is 2.12 bits per heavy atom. The highest BCUT2D eigenvalue weighted by molar-refractivity contribution is 5.74. The number of rotatable bonds is 4. The number of morpholine rings is 1. The third-order valence-corrected chi connectivity index (χ3v) is 5.02. The number of urea groups is 1. The second kappa shape index (κ2) is 8.49. The maximum Gasteiger partial charge on any atom is 0.317 e. The van der Waals surface area contributed by atoms with Crippen LogP contribution in [-0.4, -0.2) is 61.3 Å². The second-order valence-electron chi connectivity index (χ2n) is 7.03. The number of hydrogen-bond donors (Lipinski definition) is 1. The van der Waals surface area contributed by atoms with Gasteiger partial charge in [0.15, 0.2) is 0 Å². The number of benzene rings is 1. The number of likely N-dealkylation sites (tertiary alicyclic amines) is 1. The van der Waals surface area contributed by atoms with Gasteiger partial charge in [0.05, 0.1) is 19.3 Å². The van der Waals surface area contributed by atoms with Gasteiger partial charge in [-0.05, 0) is 37.8 Å². The van der Waals surface area contributed by atoms with Crippen LogP contribution in [0, 0.1) is 5.92 Å². The molecule has 1 aromatic rings. The summed E-state index contributed by atoms with van der Waals surface area (Å²) in [6.45, 7) is 8.01. The van der Waals surface area contributed by atoms with Crippen molar-refractivity contribution in [2.45, 2.75) is 32.4 Å². The van der Waals surface area contributed by atoms with E-state index in [9.17, 15) is 4.79 Å². The van der Waals surface area contributed by atoms with E-state index in [-0.39, 0.29) is 12.1 Å². The highest BCUT2D eigenvalue weighted by atomic mass is 16.5. The topological polar surface area (TPSA) is 44.8 Å². The number of ether oxygens (including phenoxy) is 1. The number of carbonyl (C=O) groups is 1. The standard InChI is InChI=1S/C19H29N3O2/c1-16-15-24-11-10-22(16)19(23)20-12-18-8-5-9-21(14-18)13-17-6-3-2-4-7-17/h2-4,6-7,16,18H,5,8-15H2,1H3,(H,20,23)/t16-,18+/m0/s1. The summed E-state index contributed by atoms with van der Waals surface area (Å²) in [5.74, 6) is 0.544. The van der Waals surface area contributed by atoms with E-state index in [0.717, 1.165) is 26.2 Å². The Labute approximate surface area is 145 Å². The van der Waals surface area contributed by atoms with Gasteiger partial charge < -0.3 is 15.0 Å². The second-order valence-corrected chi connectivity index (χ2v) is 7.03. The number of nitrogens with zero attached hydrogens (tertiary/aromatic N) is 2. The van der Waals surface area contributed by atoms with Crippen LogP contribution >= 0.6 is 0 Å². The molecule has 0 bridgehead atoms. The SMILES string of the molecule is C[C@H]1COCCN1C(=O)NC[C@H]1CCCN(Cc2ccccc2)C1. The van der Waals surface area contributed by atoms with E-state index >= 15 is 0 Å². The highest BCUT2D eigenvalue weighted by Crippen LogP contribution is 2.18. The molecule has 1 aromatic carbocycles. The zero-order valence-corrected chi connectivity index (χ0v) is 14.6. The predicted octanol–water partition coefficient (Wildman–Crippen LogP) is 2.33. The lowest BCUT2D eigenvalue weighted by atomic mass is 9.97. The molecule has 0 spiro atoms. The van der Waals surface area contributed by atoms with Crippen molar-refractivity contribution in [3.05, 3.63) is 35.9 Å². The van der Waals surface area contributed by atoms with Gasteiger partial charge in [-0.1, -0.05) is 30.3 Å². The molecule has 2 heterocycles. The molecule has 2 saturated heterocycles. The smallest absolute Gasteiger partial charge is 0.317 e. The minimum Gasteiger partial charge on any atom is -0.377 e. The van der Waals surface area contributed by atoms with Gasteiger partial charge in [-0.15, -0.1) is 0 Å². The summed E-state index contributed by atoms with van der Waals surface area (Å²) in [5, 5.41) is 3.14. The van der Waals surface area contributed by atoms with Crippen molar-refractivity contribution in [1.82, 2.24) is 15.1 Å². The molecule has 5 heteroatoms. The average Bonchev–Trinajstić information content (AvgIpc) is 2.61. The fraction of sp³-hybridized carbons (Fsp3) is 0.632. The Morgan fingerprint density at radius 1 is 1.29 bits per heavy atom. The van der Waals surface area contributed by atoms with Crippen molar-refractivity contribution < 1.29 is 9.53 Å². The van der Waals surface area contributed by atoms with Gasteiger partial charge >= 0.3 is 6.03 Å². The monoisotopic (exact) mass is 331 g/mol. The van der Waals surface area contributed by atoms with Crippen LogP contribution < -0.4 is 5.32 Å². The molecule has 0 saturated carbocycles. The fourth-order valence-electron chi connectivity index (χ4n) is 3.67. The van der Waals surface area contributed by atoms with E-state index in [1.54, 1.807) is 0 Å². The maximum absolute atomic E-state index is 12.4. The van der Waals surface area contributed by atoms with Crippen molar-refractivity contribution in [3.63, 3.8) is 0 Å². The van der Waals surface area contributed by atoms with Crippen molar-refractivity contribution in [2.75, 3.05) is 39.4 Å². The summed E-state index contributed by atoms with van der Waals surface area (Å²) in [6.07, 6.45) is 2.41. The summed E-state index contributed by atoms with van der Waals surface area (Å²) in [5.41, 5.74) is 1.37. The summed E-state index contributed by atoms with van der Waals surface area (Å²) in [6, 6.07) is 10.9. The van der Waals surface area contributed by atoms with Crippen molar-refractivity contribution in [2.24, 2.45) is 5.92 Å². The van der Waals surface area contributed by atoms with E-state index in [1.807, 2.05) is 11.8 Å². The van der Waals surface area contributed by atoms with E-state index < -0.39 is 0 Å². The minimum absolute atomic E-state index is 0.0611. The zero-order valence-electron chi connectivity index (χ0n) is 14.6.